The molecule has 9 heteroatoms. The molecule has 1 aliphatic heterocycles. The summed E-state index contributed by atoms with van der Waals surface area (Å²) in [6.07, 6.45) is 8.30. The van der Waals surface area contributed by atoms with Crippen LogP contribution in [0.4, 0.5) is 4.79 Å². The number of nitrogens with zero attached hydrogens (tertiary/aromatic N) is 4. The van der Waals surface area contributed by atoms with Crippen LogP contribution in [0.5, 0.6) is 0 Å². The Morgan fingerprint density at radius 2 is 1.71 bits per heavy atom. The molecule has 2 heterocycles. The molecule has 240 valence electrons. The van der Waals surface area contributed by atoms with Gasteiger partial charge in [0.2, 0.25) is 0 Å². The van der Waals surface area contributed by atoms with Gasteiger partial charge in [-0.2, -0.15) is 0 Å². The quantitative estimate of drug-likeness (QED) is 0.269. The Bertz CT molecular complexity index is 1470. The Kier molecular flexibility index (Phi) is 9.29. The molecular weight excluding hydrogens is 584 g/mol. The summed E-state index contributed by atoms with van der Waals surface area (Å²) in [6, 6.07) is 19.7. The molecular formula is C36H46N4O4S. The van der Waals surface area contributed by atoms with Crippen molar-refractivity contribution in [2.24, 2.45) is 5.92 Å². The van der Waals surface area contributed by atoms with Gasteiger partial charge in [0.1, 0.15) is 5.60 Å². The van der Waals surface area contributed by atoms with E-state index in [4.69, 9.17) is 9.72 Å². The first-order valence-electron chi connectivity index (χ1n) is 16.4. The summed E-state index contributed by atoms with van der Waals surface area (Å²) in [6.45, 7) is 6.75. The molecule has 3 atom stereocenters. The molecule has 1 saturated heterocycles. The van der Waals surface area contributed by atoms with E-state index in [2.05, 4.69) is 16.7 Å². The number of aliphatic hydroxyl groups is 1. The van der Waals surface area contributed by atoms with Gasteiger partial charge in [-0.1, -0.05) is 74.2 Å². The summed E-state index contributed by atoms with van der Waals surface area (Å²) in [5, 5.41) is 12.0. The number of amides is 2. The average Bonchev–Trinajstić information content (AvgIpc) is 3.73. The molecule has 0 unspecified atom stereocenters. The maximum absolute atomic E-state index is 14.6. The second kappa shape index (κ2) is 13.2. The SMILES string of the molecule is CC(C)(C)OC(=O)N1CCN(C(=O)c2ncn([C@@H]3CCCC[C@@]3(O)CC3CC3)c2-c2ccccc2)[C@H](CSc2ccccc2)C1. The molecule has 0 bridgehead atoms. The third kappa shape index (κ3) is 7.41. The molecule has 3 fully saturated rings. The number of carbonyl (C=O) groups is 2. The second-order valence-corrected chi connectivity index (χ2v) is 15.0. The molecule has 0 spiro atoms. The van der Waals surface area contributed by atoms with Crippen molar-refractivity contribution in [2.75, 3.05) is 25.4 Å². The lowest BCUT2D eigenvalue weighted by atomic mass is 9.76. The fourth-order valence-corrected chi connectivity index (χ4v) is 7.92. The Morgan fingerprint density at radius 1 is 1.00 bits per heavy atom. The number of thioether (sulfide) groups is 1. The zero-order valence-electron chi connectivity index (χ0n) is 26.7. The highest BCUT2D eigenvalue weighted by Gasteiger charge is 2.45. The molecule has 2 saturated carbocycles. The van der Waals surface area contributed by atoms with E-state index in [1.165, 1.54) is 12.8 Å². The smallest absolute Gasteiger partial charge is 0.410 e. The third-order valence-electron chi connectivity index (χ3n) is 9.26. The molecule has 3 aliphatic rings. The van der Waals surface area contributed by atoms with E-state index in [1.807, 2.05) is 74.2 Å². The number of hydrogen-bond donors (Lipinski definition) is 1. The van der Waals surface area contributed by atoms with Crippen molar-refractivity contribution in [1.29, 1.82) is 0 Å². The first-order valence-corrected chi connectivity index (χ1v) is 17.4. The first kappa shape index (κ1) is 31.7. The van der Waals surface area contributed by atoms with Crippen LogP contribution in [0.3, 0.4) is 0 Å². The largest absolute Gasteiger partial charge is 0.444 e. The van der Waals surface area contributed by atoms with Crippen LogP contribution in [0, 0.1) is 5.92 Å². The summed E-state index contributed by atoms with van der Waals surface area (Å²) < 4.78 is 7.81. The summed E-state index contributed by atoms with van der Waals surface area (Å²) >= 11 is 1.68. The lowest BCUT2D eigenvalue weighted by Gasteiger charge is -2.42. The van der Waals surface area contributed by atoms with Crippen LogP contribution in [0.2, 0.25) is 0 Å². The van der Waals surface area contributed by atoms with Gasteiger partial charge in [0.25, 0.3) is 5.91 Å². The number of carbonyl (C=O) groups excluding carboxylic acids is 2. The predicted molar refractivity (Wildman–Crippen MR) is 177 cm³/mol. The molecule has 0 radical (unpaired) electrons. The Labute approximate surface area is 271 Å². The van der Waals surface area contributed by atoms with Crippen molar-refractivity contribution in [2.45, 2.75) is 93.9 Å². The van der Waals surface area contributed by atoms with Gasteiger partial charge in [-0.25, -0.2) is 9.78 Å². The van der Waals surface area contributed by atoms with E-state index in [9.17, 15) is 14.7 Å². The highest BCUT2D eigenvalue weighted by atomic mass is 32.2. The Morgan fingerprint density at radius 3 is 2.40 bits per heavy atom. The minimum atomic E-state index is -0.808. The number of hydrogen-bond acceptors (Lipinski definition) is 6. The number of rotatable bonds is 8. The van der Waals surface area contributed by atoms with E-state index in [0.717, 1.165) is 48.3 Å². The van der Waals surface area contributed by atoms with E-state index in [0.29, 0.717) is 37.0 Å². The number of benzene rings is 2. The maximum Gasteiger partial charge on any atom is 0.410 e. The monoisotopic (exact) mass is 630 g/mol. The second-order valence-electron chi connectivity index (χ2n) is 13.9. The van der Waals surface area contributed by atoms with Gasteiger partial charge in [-0.05, 0) is 58.1 Å². The van der Waals surface area contributed by atoms with Crippen molar-refractivity contribution in [3.8, 4) is 11.3 Å². The topological polar surface area (TPSA) is 87.9 Å². The lowest BCUT2D eigenvalue weighted by Crippen LogP contribution is -2.58. The van der Waals surface area contributed by atoms with Gasteiger partial charge in [-0.15, -0.1) is 11.8 Å². The molecule has 1 N–H and O–H groups in total. The third-order valence-corrected chi connectivity index (χ3v) is 10.4. The standard InChI is InChI=1S/C36H46N4O4S/c1-35(2,3)44-34(42)38-20-21-39(28(23-38)24-45-29-14-8-5-9-15-29)33(41)31-32(27-12-6-4-7-13-27)40(25-37-31)30-16-10-11-19-36(30,43)22-26-17-18-26/h4-9,12-15,25-26,28,30,43H,10-11,16-24H2,1-3H3/t28-,30+,36+/m0/s1. The molecule has 2 amide bonds. The fraction of sp³-hybridized carbons (Fsp3) is 0.528. The summed E-state index contributed by atoms with van der Waals surface area (Å²) in [5.74, 6) is 1.07. The predicted octanol–water partition coefficient (Wildman–Crippen LogP) is 7.05. The van der Waals surface area contributed by atoms with Crippen LogP contribution in [0.15, 0.2) is 71.9 Å². The van der Waals surface area contributed by atoms with Crippen LogP contribution in [0.1, 0.15) is 82.2 Å². The maximum atomic E-state index is 14.6. The zero-order valence-corrected chi connectivity index (χ0v) is 27.5. The minimum Gasteiger partial charge on any atom is -0.444 e. The van der Waals surface area contributed by atoms with Crippen molar-refractivity contribution in [3.63, 3.8) is 0 Å². The minimum absolute atomic E-state index is 0.135. The molecule has 45 heavy (non-hydrogen) atoms. The van der Waals surface area contributed by atoms with Gasteiger partial charge in [0, 0.05) is 35.8 Å². The number of piperazine rings is 1. The molecule has 2 aromatic carbocycles. The zero-order chi connectivity index (χ0) is 31.6. The number of aromatic nitrogens is 2. The van der Waals surface area contributed by atoms with Crippen molar-refractivity contribution < 1.29 is 19.4 Å². The van der Waals surface area contributed by atoms with Crippen molar-refractivity contribution in [3.05, 3.63) is 72.7 Å². The number of imidazole rings is 1. The van der Waals surface area contributed by atoms with E-state index in [1.54, 1.807) is 23.0 Å². The summed E-state index contributed by atoms with van der Waals surface area (Å²) in [7, 11) is 0. The first-order chi connectivity index (χ1) is 21.6. The summed E-state index contributed by atoms with van der Waals surface area (Å²) in [5.41, 5.74) is 0.681. The molecule has 2 aliphatic carbocycles. The van der Waals surface area contributed by atoms with Crippen molar-refractivity contribution in [1.82, 2.24) is 19.4 Å². The average molecular weight is 631 g/mol. The van der Waals surface area contributed by atoms with E-state index < -0.39 is 11.2 Å². The molecule has 6 rings (SSSR count). The van der Waals surface area contributed by atoms with Gasteiger partial charge in [0.05, 0.1) is 29.7 Å². The van der Waals surface area contributed by atoms with Crippen LogP contribution < -0.4 is 0 Å². The molecule has 8 nitrogen and oxygen atoms in total. The van der Waals surface area contributed by atoms with Gasteiger partial charge in [-0.3, -0.25) is 4.79 Å². The van der Waals surface area contributed by atoms with Gasteiger partial charge >= 0.3 is 6.09 Å². The van der Waals surface area contributed by atoms with Crippen LogP contribution in [0.25, 0.3) is 11.3 Å². The highest BCUT2D eigenvalue weighted by Crippen LogP contribution is 2.48. The van der Waals surface area contributed by atoms with E-state index in [-0.39, 0.29) is 24.1 Å². The lowest BCUT2D eigenvalue weighted by molar-refractivity contribution is -0.0518. The Balaban J connectivity index is 1.32. The van der Waals surface area contributed by atoms with Crippen LogP contribution in [-0.4, -0.2) is 79.1 Å². The molecule has 1 aromatic heterocycles. The highest BCUT2D eigenvalue weighted by molar-refractivity contribution is 7.99. The van der Waals surface area contributed by atoms with Gasteiger partial charge in [0.15, 0.2) is 5.69 Å². The number of ether oxygens (including phenoxy) is 1. The van der Waals surface area contributed by atoms with E-state index >= 15 is 0 Å². The van der Waals surface area contributed by atoms with Crippen LogP contribution >= 0.6 is 11.8 Å². The van der Waals surface area contributed by atoms with Crippen LogP contribution in [-0.2, 0) is 4.74 Å². The normalized spacial score (nSPS) is 24.0. The van der Waals surface area contributed by atoms with Gasteiger partial charge < -0.3 is 24.2 Å². The van der Waals surface area contributed by atoms with Crippen molar-refractivity contribution >= 4 is 23.8 Å². The summed E-state index contributed by atoms with van der Waals surface area (Å²) in [4.78, 5) is 37.2. The Hall–Kier alpha value is -3.30. The molecule has 3 aromatic rings. The fourth-order valence-electron chi connectivity index (χ4n) is 6.90.